The molecule has 0 amide bonds. The maximum absolute atomic E-state index is 12.3. The molecule has 0 aromatic rings. The van der Waals surface area contributed by atoms with E-state index in [1.165, 1.54) is 6.21 Å². The van der Waals surface area contributed by atoms with E-state index in [-0.39, 0.29) is 0 Å². The van der Waals surface area contributed by atoms with Crippen LogP contribution < -0.4 is 4.99 Å². The Morgan fingerprint density at radius 1 is 1.00 bits per heavy atom. The zero-order chi connectivity index (χ0) is 11.9. The van der Waals surface area contributed by atoms with Crippen LogP contribution in [-0.2, 0) is 0 Å². The first-order chi connectivity index (χ1) is 6.64. The van der Waals surface area contributed by atoms with E-state index in [0.29, 0.717) is 0 Å². The van der Waals surface area contributed by atoms with Crippen LogP contribution in [0.4, 0.5) is 26.3 Å². The van der Waals surface area contributed by atoms with Crippen molar-refractivity contribution in [3.05, 3.63) is 22.9 Å². The Bertz CT molecular complexity index is 354. The average Bonchev–Trinajstić information content (AvgIpc) is 1.99. The number of nitrogens with zero attached hydrogens (tertiary/aromatic N) is 1. The number of alkyl halides is 6. The van der Waals surface area contributed by atoms with Crippen molar-refractivity contribution in [3.8, 4) is 0 Å². The largest absolute Gasteiger partial charge is 0.423 e. The summed E-state index contributed by atoms with van der Waals surface area (Å²) in [6.07, 6.45) is -7.15. The van der Waals surface area contributed by atoms with Crippen LogP contribution in [0.3, 0.4) is 0 Å². The third-order valence-electron chi connectivity index (χ3n) is 1.58. The van der Waals surface area contributed by atoms with Gasteiger partial charge in [-0.1, -0.05) is 0 Å². The molecule has 0 aromatic heterocycles. The van der Waals surface area contributed by atoms with Gasteiger partial charge >= 0.3 is 24.8 Å². The lowest BCUT2D eigenvalue weighted by molar-refractivity contribution is -0.109. The predicted molar refractivity (Wildman–Crippen MR) is 38.7 cm³/mol. The average molecular weight is 227 g/mol. The van der Waals surface area contributed by atoms with Crippen LogP contribution in [0.5, 0.6) is 0 Å². The summed E-state index contributed by atoms with van der Waals surface area (Å²) in [5.74, 6) is 0. The second-order valence-electron chi connectivity index (χ2n) is 2.71. The molecule has 7 heteroatoms. The zero-order valence-corrected chi connectivity index (χ0v) is 7.22. The van der Waals surface area contributed by atoms with Gasteiger partial charge in [-0.05, 0) is 6.92 Å². The molecule has 0 saturated heterocycles. The number of hydrogen-bond acceptors (Lipinski definition) is 1. The number of allylic oxidation sites excluding steroid dienone is 3. The Hall–Kier alpha value is -1.27. The summed E-state index contributed by atoms with van der Waals surface area (Å²) in [5, 5.41) is 0. The molecular formula is C8H3F6N+. The highest BCUT2D eigenvalue weighted by molar-refractivity contribution is 5.83. The second-order valence-corrected chi connectivity index (χ2v) is 2.71. The van der Waals surface area contributed by atoms with E-state index in [1.807, 2.05) is 0 Å². The summed E-state index contributed by atoms with van der Waals surface area (Å²) >= 11 is 0. The molecule has 81 valence electrons. The van der Waals surface area contributed by atoms with Crippen molar-refractivity contribution in [1.82, 2.24) is 4.99 Å². The van der Waals surface area contributed by atoms with E-state index >= 15 is 0 Å². The third kappa shape index (κ3) is 2.40. The fraction of sp³-hybridized carbons (Fsp3) is 0.375. The van der Waals surface area contributed by atoms with Crippen molar-refractivity contribution in [2.45, 2.75) is 19.3 Å². The second kappa shape index (κ2) is 3.39. The first-order valence-corrected chi connectivity index (χ1v) is 3.58. The van der Waals surface area contributed by atoms with Gasteiger partial charge in [0.15, 0.2) is 5.57 Å². The van der Waals surface area contributed by atoms with Crippen LogP contribution in [0.25, 0.3) is 0 Å². The molecule has 1 aliphatic rings. The molecule has 1 aliphatic heterocycles. The van der Waals surface area contributed by atoms with Crippen molar-refractivity contribution in [1.29, 1.82) is 0 Å². The van der Waals surface area contributed by atoms with Crippen molar-refractivity contribution in [2.75, 3.05) is 0 Å². The highest BCUT2D eigenvalue weighted by atomic mass is 19.4. The normalized spacial score (nSPS) is 18.2. The number of aliphatic imine (C=N–C) groups is 1. The molecule has 0 bridgehead atoms. The van der Waals surface area contributed by atoms with E-state index in [9.17, 15) is 26.3 Å². The van der Waals surface area contributed by atoms with Crippen LogP contribution >= 0.6 is 0 Å². The van der Waals surface area contributed by atoms with Gasteiger partial charge in [0, 0.05) is 5.57 Å². The Labute approximate surface area is 80.8 Å². The van der Waals surface area contributed by atoms with Gasteiger partial charge in [0.1, 0.15) is 0 Å². The molecule has 0 atom stereocenters. The van der Waals surface area contributed by atoms with Gasteiger partial charge in [-0.3, -0.25) is 0 Å². The van der Waals surface area contributed by atoms with Crippen molar-refractivity contribution in [3.63, 3.8) is 0 Å². The fourth-order valence-corrected chi connectivity index (χ4v) is 1.03. The number of rotatable bonds is 0. The molecule has 1 heterocycles. The van der Waals surface area contributed by atoms with Crippen molar-refractivity contribution < 1.29 is 26.3 Å². The number of halogens is 6. The minimum absolute atomic E-state index is 0.700. The quantitative estimate of drug-likeness (QED) is 0.564. The van der Waals surface area contributed by atoms with Gasteiger partial charge in [-0.2, -0.15) is 26.3 Å². The smallest absolute Gasteiger partial charge is 0.166 e. The molecule has 0 saturated carbocycles. The molecule has 0 N–H and O–H groups in total. The van der Waals surface area contributed by atoms with Gasteiger partial charge in [-0.15, -0.1) is 0 Å². The van der Waals surface area contributed by atoms with E-state index < -0.39 is 29.1 Å². The fourth-order valence-electron chi connectivity index (χ4n) is 1.03. The lowest BCUT2D eigenvalue weighted by Crippen LogP contribution is -2.27. The summed E-state index contributed by atoms with van der Waals surface area (Å²) in [6.45, 7) is 0.860. The van der Waals surface area contributed by atoms with E-state index in [0.717, 1.165) is 6.92 Å². The summed E-state index contributed by atoms with van der Waals surface area (Å²) in [4.78, 5) is 2.85. The molecule has 1 rings (SSSR count). The maximum Gasteiger partial charge on any atom is 0.423 e. The van der Waals surface area contributed by atoms with Crippen molar-refractivity contribution >= 4 is 6.21 Å². The highest BCUT2D eigenvalue weighted by Crippen LogP contribution is 2.39. The van der Waals surface area contributed by atoms with Crippen LogP contribution in [0, 0.1) is 6.20 Å². The zero-order valence-electron chi connectivity index (χ0n) is 7.22. The van der Waals surface area contributed by atoms with Gasteiger partial charge in [-0.25, -0.2) is 0 Å². The molecule has 0 unspecified atom stereocenters. The molecule has 0 aromatic carbocycles. The summed E-state index contributed by atoms with van der Waals surface area (Å²) in [6, 6.07) is 0. The Kier molecular flexibility index (Phi) is 2.67. The molecule has 3 radical (unpaired) electrons. The van der Waals surface area contributed by atoms with Gasteiger partial charge in [0.25, 0.3) is 0 Å². The summed E-state index contributed by atoms with van der Waals surface area (Å²) in [5.41, 5.74) is -4.40. The van der Waals surface area contributed by atoms with E-state index in [1.54, 1.807) is 6.20 Å². The monoisotopic (exact) mass is 227 g/mol. The molecule has 0 aliphatic carbocycles. The van der Waals surface area contributed by atoms with E-state index in [2.05, 4.69) is 4.99 Å². The minimum Gasteiger partial charge on any atom is -0.166 e. The van der Waals surface area contributed by atoms with E-state index in [4.69, 9.17) is 0 Å². The van der Waals surface area contributed by atoms with Gasteiger partial charge in [0.2, 0.25) is 0 Å². The Balaban J connectivity index is 3.40. The molecule has 1 nitrogen and oxygen atoms in total. The SMILES string of the molecule is CC1=[C][N+]=[C]C(C(F)(F)F)=C1C(F)(F)F. The predicted octanol–water partition coefficient (Wildman–Crippen LogP) is 2.41. The topological polar surface area (TPSA) is 14.1 Å². The highest BCUT2D eigenvalue weighted by Gasteiger charge is 2.50. The Morgan fingerprint density at radius 2 is 1.53 bits per heavy atom. The van der Waals surface area contributed by atoms with Crippen molar-refractivity contribution in [2.24, 2.45) is 0 Å². The molecule has 0 spiro atoms. The summed E-state index contributed by atoms with van der Waals surface area (Å²) in [7, 11) is 0. The Morgan fingerprint density at radius 3 is 1.87 bits per heavy atom. The third-order valence-corrected chi connectivity index (χ3v) is 1.58. The maximum atomic E-state index is 12.3. The van der Waals surface area contributed by atoms with Gasteiger partial charge in [0.05, 0.1) is 10.6 Å². The number of hydrogen-bond donors (Lipinski definition) is 0. The first-order valence-electron chi connectivity index (χ1n) is 3.58. The van der Waals surface area contributed by atoms with Crippen LogP contribution in [-0.4, -0.2) is 18.6 Å². The van der Waals surface area contributed by atoms with Crippen LogP contribution in [0.2, 0.25) is 0 Å². The van der Waals surface area contributed by atoms with Crippen LogP contribution in [0.1, 0.15) is 6.92 Å². The first kappa shape index (κ1) is 11.8. The minimum atomic E-state index is -5.13. The van der Waals surface area contributed by atoms with Gasteiger partial charge < -0.3 is 0 Å². The standard InChI is InChI=1S/C8H3F6N/c1-4-2-15-3-5(7(9,10)11)6(4)8(12,13)14/h1H3/q+1. The molecule has 0 fully saturated rings. The summed E-state index contributed by atoms with van der Waals surface area (Å²) < 4.78 is 73.3. The molecular weight excluding hydrogens is 224 g/mol. The molecule has 15 heavy (non-hydrogen) atoms. The lowest BCUT2D eigenvalue weighted by atomic mass is 10.00. The van der Waals surface area contributed by atoms with Crippen LogP contribution in [0.15, 0.2) is 16.7 Å². The lowest BCUT2D eigenvalue weighted by Gasteiger charge is -2.15.